The van der Waals surface area contributed by atoms with Crippen LogP contribution in [0.2, 0.25) is 0 Å². The molecule has 0 radical (unpaired) electrons. The molecule has 0 N–H and O–H groups in total. The average Bonchev–Trinajstić information content (AvgIpc) is 2.65. The molecule has 1 aliphatic carbocycles. The molecule has 0 bridgehead atoms. The first kappa shape index (κ1) is 19.2. The molecule has 3 nitrogen and oxygen atoms in total. The Balaban J connectivity index is 1.75. The van der Waals surface area contributed by atoms with E-state index in [0.29, 0.717) is 11.7 Å². The Morgan fingerprint density at radius 2 is 1.88 bits per heavy atom. The maximum atomic E-state index is 12.3. The van der Waals surface area contributed by atoms with E-state index in [0.717, 1.165) is 32.1 Å². The van der Waals surface area contributed by atoms with Crippen LogP contribution in [0.25, 0.3) is 0 Å². The van der Waals surface area contributed by atoms with E-state index in [-0.39, 0.29) is 11.9 Å². The Hall–Kier alpha value is -2.08. The Bertz CT molecular complexity index is 589. The molecule has 1 aromatic rings. The molecule has 0 spiro atoms. The molecule has 1 aromatic carbocycles. The summed E-state index contributed by atoms with van der Waals surface area (Å²) in [5.41, 5.74) is 1.31. The van der Waals surface area contributed by atoms with Gasteiger partial charge in [0.2, 0.25) is 0 Å². The van der Waals surface area contributed by atoms with Crippen LogP contribution in [0, 0.1) is 23.2 Å². The van der Waals surface area contributed by atoms with Gasteiger partial charge in [-0.05, 0) is 62.1 Å². The smallest absolute Gasteiger partial charge is 0.314 e. The van der Waals surface area contributed by atoms with Gasteiger partial charge in [-0.3, -0.25) is 4.79 Å². The Kier molecular flexibility index (Phi) is 8.25. The number of allylic oxidation sites excluding steroid dienone is 2. The lowest BCUT2D eigenvalue weighted by Gasteiger charge is -2.25. The summed E-state index contributed by atoms with van der Waals surface area (Å²) in [6, 6.07) is 9.99. The highest BCUT2D eigenvalue weighted by atomic mass is 16.5. The van der Waals surface area contributed by atoms with Gasteiger partial charge < -0.3 is 4.74 Å². The second-order valence-corrected chi connectivity index (χ2v) is 6.98. The van der Waals surface area contributed by atoms with Crippen molar-refractivity contribution in [1.29, 1.82) is 5.26 Å². The number of carbonyl (C=O) groups excluding carboxylic acids is 1. The third-order valence-corrected chi connectivity index (χ3v) is 5.01. The lowest BCUT2D eigenvalue weighted by Crippen LogP contribution is -2.25. The summed E-state index contributed by atoms with van der Waals surface area (Å²) in [5.74, 6) is 0.948. The van der Waals surface area contributed by atoms with Crippen LogP contribution in [-0.2, 0) is 11.2 Å². The van der Waals surface area contributed by atoms with Crippen molar-refractivity contribution >= 4 is 5.97 Å². The third-order valence-electron chi connectivity index (χ3n) is 5.01. The first-order valence-electron chi connectivity index (χ1n) is 9.60. The molecular formula is C22H29NO2. The number of ether oxygens (including phenoxy) is 1. The molecule has 1 aliphatic rings. The zero-order valence-corrected chi connectivity index (χ0v) is 15.2. The topological polar surface area (TPSA) is 50.1 Å². The molecule has 1 saturated carbocycles. The van der Waals surface area contributed by atoms with Gasteiger partial charge in [0.15, 0.2) is 0 Å². The molecule has 0 atom stereocenters. The Labute approximate surface area is 151 Å². The normalized spacial score (nSPS) is 20.3. The molecule has 134 valence electrons. The van der Waals surface area contributed by atoms with Crippen LogP contribution in [0.1, 0.15) is 63.9 Å². The fourth-order valence-electron chi connectivity index (χ4n) is 3.41. The molecule has 1 fully saturated rings. The molecule has 0 aromatic heterocycles. The standard InChI is InChI=1S/C22H29NO2/c1-2-3-4-5-7-18-11-15-21(16-12-18)25-22(24)20-13-9-19(10-14-20)8-6-17-23/h6,8,11-12,15-16,19-20H,2-5,7,9-10,13-14H2,1H3/t19-,20-. The average molecular weight is 339 g/mol. The van der Waals surface area contributed by atoms with Crippen molar-refractivity contribution in [3.63, 3.8) is 0 Å². The van der Waals surface area contributed by atoms with Gasteiger partial charge in [0, 0.05) is 6.08 Å². The molecule has 2 rings (SSSR count). The van der Waals surface area contributed by atoms with Crippen LogP contribution >= 0.6 is 0 Å². The number of aryl methyl sites for hydroxylation is 1. The lowest BCUT2D eigenvalue weighted by molar-refractivity contribution is -0.140. The van der Waals surface area contributed by atoms with Gasteiger partial charge >= 0.3 is 5.97 Å². The van der Waals surface area contributed by atoms with E-state index in [1.54, 1.807) is 6.08 Å². The highest BCUT2D eigenvalue weighted by Crippen LogP contribution is 2.30. The van der Waals surface area contributed by atoms with Gasteiger partial charge in [0.1, 0.15) is 5.75 Å². The van der Waals surface area contributed by atoms with Gasteiger partial charge in [0.25, 0.3) is 0 Å². The second kappa shape index (κ2) is 10.7. The Morgan fingerprint density at radius 3 is 2.52 bits per heavy atom. The predicted octanol–water partition coefficient (Wildman–Crippen LogP) is 5.60. The molecule has 25 heavy (non-hydrogen) atoms. The van der Waals surface area contributed by atoms with Crippen molar-refractivity contribution < 1.29 is 9.53 Å². The molecule has 0 aliphatic heterocycles. The summed E-state index contributed by atoms with van der Waals surface area (Å²) in [6.07, 6.45) is 13.2. The van der Waals surface area contributed by atoms with Crippen molar-refractivity contribution in [3.8, 4) is 11.8 Å². The van der Waals surface area contributed by atoms with E-state index < -0.39 is 0 Å². The van der Waals surface area contributed by atoms with E-state index in [9.17, 15) is 4.79 Å². The fourth-order valence-corrected chi connectivity index (χ4v) is 3.41. The predicted molar refractivity (Wildman–Crippen MR) is 100 cm³/mol. The van der Waals surface area contributed by atoms with Crippen LogP contribution in [0.15, 0.2) is 36.4 Å². The number of benzene rings is 1. The van der Waals surface area contributed by atoms with Gasteiger partial charge in [-0.15, -0.1) is 0 Å². The molecule has 0 amide bonds. The first-order valence-corrected chi connectivity index (χ1v) is 9.60. The zero-order valence-electron chi connectivity index (χ0n) is 15.2. The van der Waals surface area contributed by atoms with E-state index in [2.05, 4.69) is 19.1 Å². The summed E-state index contributed by atoms with van der Waals surface area (Å²) in [5, 5.41) is 8.58. The summed E-state index contributed by atoms with van der Waals surface area (Å²) >= 11 is 0. The maximum Gasteiger partial charge on any atom is 0.314 e. The number of nitriles is 1. The van der Waals surface area contributed by atoms with Crippen LogP contribution in [-0.4, -0.2) is 5.97 Å². The van der Waals surface area contributed by atoms with Crippen molar-refractivity contribution in [1.82, 2.24) is 0 Å². The van der Waals surface area contributed by atoms with Crippen molar-refractivity contribution in [3.05, 3.63) is 42.0 Å². The van der Waals surface area contributed by atoms with Gasteiger partial charge in [0.05, 0.1) is 12.0 Å². The largest absolute Gasteiger partial charge is 0.426 e. The van der Waals surface area contributed by atoms with Crippen molar-refractivity contribution in [2.45, 2.75) is 64.7 Å². The number of hydrogen-bond acceptors (Lipinski definition) is 3. The minimum Gasteiger partial charge on any atom is -0.426 e. The minimum atomic E-state index is -0.113. The monoisotopic (exact) mass is 339 g/mol. The lowest BCUT2D eigenvalue weighted by atomic mass is 9.82. The summed E-state index contributed by atoms with van der Waals surface area (Å²) in [6.45, 7) is 2.22. The number of unbranched alkanes of at least 4 members (excludes halogenated alkanes) is 3. The molecule has 0 unspecified atom stereocenters. The van der Waals surface area contributed by atoms with Gasteiger partial charge in [-0.2, -0.15) is 5.26 Å². The molecule has 0 saturated heterocycles. The summed E-state index contributed by atoms with van der Waals surface area (Å²) in [7, 11) is 0. The second-order valence-electron chi connectivity index (χ2n) is 6.98. The van der Waals surface area contributed by atoms with Crippen molar-refractivity contribution in [2.24, 2.45) is 11.8 Å². The highest BCUT2D eigenvalue weighted by Gasteiger charge is 2.26. The van der Waals surface area contributed by atoms with Gasteiger partial charge in [-0.25, -0.2) is 0 Å². The first-order chi connectivity index (χ1) is 12.2. The summed E-state index contributed by atoms with van der Waals surface area (Å²) in [4.78, 5) is 12.3. The number of nitrogens with zero attached hydrogens (tertiary/aromatic N) is 1. The molecule has 0 heterocycles. The van der Waals surface area contributed by atoms with E-state index in [4.69, 9.17) is 10.00 Å². The van der Waals surface area contributed by atoms with Crippen LogP contribution in [0.5, 0.6) is 5.75 Å². The number of rotatable bonds is 8. The van der Waals surface area contributed by atoms with Crippen molar-refractivity contribution in [2.75, 3.05) is 0 Å². The fraction of sp³-hybridized carbons (Fsp3) is 0.545. The van der Waals surface area contributed by atoms with E-state index in [1.165, 1.54) is 31.2 Å². The number of carbonyl (C=O) groups is 1. The van der Waals surface area contributed by atoms with E-state index in [1.807, 2.05) is 24.3 Å². The third kappa shape index (κ3) is 6.74. The van der Waals surface area contributed by atoms with Crippen LogP contribution in [0.3, 0.4) is 0 Å². The maximum absolute atomic E-state index is 12.3. The van der Waals surface area contributed by atoms with Crippen LogP contribution < -0.4 is 4.74 Å². The number of hydrogen-bond donors (Lipinski definition) is 0. The SMILES string of the molecule is CCCCCCc1ccc(OC(=O)[C@H]2CC[C@H](C=CC#N)CC2)cc1. The molecular weight excluding hydrogens is 310 g/mol. The van der Waals surface area contributed by atoms with Gasteiger partial charge in [-0.1, -0.05) is 44.4 Å². The number of esters is 1. The van der Waals surface area contributed by atoms with Crippen LogP contribution in [0.4, 0.5) is 0 Å². The summed E-state index contributed by atoms with van der Waals surface area (Å²) < 4.78 is 5.56. The quantitative estimate of drug-likeness (QED) is 0.268. The zero-order chi connectivity index (χ0) is 17.9. The highest BCUT2D eigenvalue weighted by molar-refractivity contribution is 5.75. The molecule has 3 heteroatoms. The minimum absolute atomic E-state index is 0.0135. The van der Waals surface area contributed by atoms with E-state index >= 15 is 0 Å². The Morgan fingerprint density at radius 1 is 1.16 bits per heavy atom.